The average Bonchev–Trinajstić information content (AvgIpc) is 3.50. The Balaban J connectivity index is 1.48. The Morgan fingerprint density at radius 2 is 2.04 bits per heavy atom. The van der Waals surface area contributed by atoms with Crippen LogP contribution in [0, 0.1) is 17.8 Å². The van der Waals surface area contributed by atoms with Gasteiger partial charge in [-0.3, -0.25) is 4.79 Å². The summed E-state index contributed by atoms with van der Waals surface area (Å²) in [6.45, 7) is 0. The van der Waals surface area contributed by atoms with Crippen LogP contribution in [0.1, 0.15) is 25.7 Å². The maximum absolute atomic E-state index is 12.6. The van der Waals surface area contributed by atoms with Gasteiger partial charge in [0, 0.05) is 16.9 Å². The smallest absolute Gasteiger partial charge is 0.229 e. The lowest BCUT2D eigenvalue weighted by atomic mass is 9.97. The van der Waals surface area contributed by atoms with Crippen molar-refractivity contribution in [2.45, 2.75) is 25.7 Å². The molecule has 1 aromatic carbocycles. The fourth-order valence-corrected chi connectivity index (χ4v) is 3.88. The van der Waals surface area contributed by atoms with Gasteiger partial charge in [-0.2, -0.15) is 0 Å². The molecule has 4 nitrogen and oxygen atoms in total. The molecular weight excluding hydrogens is 308 g/mol. The van der Waals surface area contributed by atoms with Crippen molar-refractivity contribution in [3.8, 4) is 17.0 Å². The van der Waals surface area contributed by atoms with Crippen LogP contribution in [-0.4, -0.2) is 18.0 Å². The second-order valence-corrected chi connectivity index (χ2v) is 7.32. The van der Waals surface area contributed by atoms with Crippen LogP contribution in [0.2, 0.25) is 0 Å². The van der Waals surface area contributed by atoms with Crippen LogP contribution in [0.3, 0.4) is 0 Å². The molecule has 120 valence electrons. The summed E-state index contributed by atoms with van der Waals surface area (Å²) in [5.74, 6) is 2.41. The monoisotopic (exact) mass is 328 g/mol. The van der Waals surface area contributed by atoms with Crippen molar-refractivity contribution in [1.29, 1.82) is 0 Å². The van der Waals surface area contributed by atoms with Crippen molar-refractivity contribution < 1.29 is 9.53 Å². The number of anilines is 1. The molecule has 0 bridgehead atoms. The lowest BCUT2D eigenvalue weighted by Gasteiger charge is -2.13. The van der Waals surface area contributed by atoms with Crippen molar-refractivity contribution in [2.75, 3.05) is 12.4 Å². The number of ether oxygens (including phenoxy) is 1. The van der Waals surface area contributed by atoms with Gasteiger partial charge in [-0.1, -0.05) is 12.1 Å². The molecule has 0 saturated heterocycles. The van der Waals surface area contributed by atoms with Gasteiger partial charge in [0.1, 0.15) is 5.75 Å². The summed E-state index contributed by atoms with van der Waals surface area (Å²) in [7, 11) is 1.65. The fourth-order valence-electron chi connectivity index (χ4n) is 3.16. The van der Waals surface area contributed by atoms with E-state index in [4.69, 9.17) is 4.74 Å². The molecule has 2 saturated carbocycles. The summed E-state index contributed by atoms with van der Waals surface area (Å²) in [6.07, 6.45) is 4.84. The number of thiazole rings is 1. The number of benzene rings is 1. The molecule has 2 aliphatic rings. The van der Waals surface area contributed by atoms with Crippen LogP contribution >= 0.6 is 11.3 Å². The largest absolute Gasteiger partial charge is 0.497 e. The lowest BCUT2D eigenvalue weighted by Crippen LogP contribution is -2.26. The van der Waals surface area contributed by atoms with Gasteiger partial charge in [0.15, 0.2) is 5.13 Å². The summed E-state index contributed by atoms with van der Waals surface area (Å²) in [6, 6.07) is 7.81. The zero-order valence-electron chi connectivity index (χ0n) is 13.1. The molecule has 23 heavy (non-hydrogen) atoms. The number of hydrogen-bond donors (Lipinski definition) is 1. The Morgan fingerprint density at radius 3 is 2.70 bits per heavy atom. The van der Waals surface area contributed by atoms with E-state index in [1.54, 1.807) is 7.11 Å². The van der Waals surface area contributed by atoms with Crippen molar-refractivity contribution in [2.24, 2.45) is 17.8 Å². The summed E-state index contributed by atoms with van der Waals surface area (Å²) < 4.78 is 5.25. The second kappa shape index (κ2) is 5.96. The van der Waals surface area contributed by atoms with Crippen LogP contribution in [0.5, 0.6) is 5.75 Å². The number of carbonyl (C=O) groups excluding carboxylic acids is 1. The number of carbonyl (C=O) groups is 1. The maximum atomic E-state index is 12.6. The fraction of sp³-hybridized carbons (Fsp3) is 0.444. The molecule has 2 aliphatic carbocycles. The first-order valence-corrected chi connectivity index (χ1v) is 9.03. The molecule has 4 rings (SSSR count). The van der Waals surface area contributed by atoms with E-state index in [-0.39, 0.29) is 11.8 Å². The van der Waals surface area contributed by atoms with Crippen molar-refractivity contribution >= 4 is 22.4 Å². The molecule has 1 heterocycles. The van der Waals surface area contributed by atoms with Crippen molar-refractivity contribution in [1.82, 2.24) is 4.98 Å². The molecule has 0 atom stereocenters. The molecule has 2 aromatic rings. The normalized spacial score (nSPS) is 17.3. The van der Waals surface area contributed by atoms with E-state index < -0.39 is 0 Å². The van der Waals surface area contributed by atoms with Gasteiger partial charge >= 0.3 is 0 Å². The highest BCUT2D eigenvalue weighted by Gasteiger charge is 2.45. The molecule has 0 spiro atoms. The van der Waals surface area contributed by atoms with E-state index in [2.05, 4.69) is 10.3 Å². The first-order valence-electron chi connectivity index (χ1n) is 8.15. The lowest BCUT2D eigenvalue weighted by molar-refractivity contribution is -0.121. The van der Waals surface area contributed by atoms with Gasteiger partial charge < -0.3 is 10.1 Å². The zero-order chi connectivity index (χ0) is 15.8. The second-order valence-electron chi connectivity index (χ2n) is 6.46. The van der Waals surface area contributed by atoms with E-state index in [0.29, 0.717) is 17.0 Å². The highest BCUT2D eigenvalue weighted by molar-refractivity contribution is 7.14. The van der Waals surface area contributed by atoms with E-state index >= 15 is 0 Å². The quantitative estimate of drug-likeness (QED) is 0.865. The van der Waals surface area contributed by atoms with Crippen LogP contribution in [0.4, 0.5) is 5.13 Å². The molecule has 5 heteroatoms. The average molecular weight is 328 g/mol. The predicted octanol–water partition coefficient (Wildman–Crippen LogP) is 4.19. The van der Waals surface area contributed by atoms with E-state index in [1.165, 1.54) is 37.0 Å². The minimum atomic E-state index is 0.168. The molecule has 2 fully saturated rings. The first kappa shape index (κ1) is 14.7. The van der Waals surface area contributed by atoms with Crippen molar-refractivity contribution in [3.05, 3.63) is 29.6 Å². The van der Waals surface area contributed by atoms with Gasteiger partial charge in [0.2, 0.25) is 5.91 Å². The number of hydrogen-bond acceptors (Lipinski definition) is 4. The van der Waals surface area contributed by atoms with Crippen LogP contribution in [-0.2, 0) is 4.79 Å². The van der Waals surface area contributed by atoms with Crippen molar-refractivity contribution in [3.63, 3.8) is 0 Å². The van der Waals surface area contributed by atoms with E-state index in [0.717, 1.165) is 17.0 Å². The summed E-state index contributed by atoms with van der Waals surface area (Å²) in [5, 5.41) is 5.71. The molecule has 1 aromatic heterocycles. The van der Waals surface area contributed by atoms with Gasteiger partial charge in [0.25, 0.3) is 0 Å². The van der Waals surface area contributed by atoms with Gasteiger partial charge in [-0.05, 0) is 49.7 Å². The van der Waals surface area contributed by atoms with Crippen LogP contribution in [0.15, 0.2) is 29.6 Å². The summed E-state index contributed by atoms with van der Waals surface area (Å²) >= 11 is 1.48. The Labute approximate surface area is 139 Å². The van der Waals surface area contributed by atoms with Crippen LogP contribution in [0.25, 0.3) is 11.3 Å². The number of nitrogens with one attached hydrogen (secondary N) is 1. The number of aromatic nitrogens is 1. The molecule has 0 aliphatic heterocycles. The SMILES string of the molecule is COc1cccc(-c2csc(NC(=O)C(C3CC3)C3CC3)n2)c1. The van der Waals surface area contributed by atoms with E-state index in [9.17, 15) is 4.79 Å². The Hall–Kier alpha value is -1.88. The maximum Gasteiger partial charge on any atom is 0.229 e. The zero-order valence-corrected chi connectivity index (χ0v) is 13.9. The van der Waals surface area contributed by atoms with Gasteiger partial charge in [-0.15, -0.1) is 11.3 Å². The predicted molar refractivity (Wildman–Crippen MR) is 91.7 cm³/mol. The van der Waals surface area contributed by atoms with Gasteiger partial charge in [0.05, 0.1) is 12.8 Å². The topological polar surface area (TPSA) is 51.2 Å². The van der Waals surface area contributed by atoms with Gasteiger partial charge in [-0.25, -0.2) is 4.98 Å². The molecule has 1 N–H and O–H groups in total. The minimum Gasteiger partial charge on any atom is -0.497 e. The van der Waals surface area contributed by atoms with E-state index in [1.807, 2.05) is 29.6 Å². The number of nitrogens with zero attached hydrogens (tertiary/aromatic N) is 1. The third-order valence-electron chi connectivity index (χ3n) is 4.66. The van der Waals surface area contributed by atoms with Crippen LogP contribution < -0.4 is 10.1 Å². The molecule has 0 radical (unpaired) electrons. The standard InChI is InChI=1S/C18H20N2O2S/c1-22-14-4-2-3-13(9-14)15-10-23-18(19-15)20-17(21)16(11-5-6-11)12-7-8-12/h2-4,9-12,16H,5-8H2,1H3,(H,19,20,21). The Kier molecular flexibility index (Phi) is 3.81. The number of methoxy groups -OCH3 is 1. The number of amides is 1. The molecule has 0 unspecified atom stereocenters. The summed E-state index contributed by atoms with van der Waals surface area (Å²) in [4.78, 5) is 17.1. The number of rotatable bonds is 6. The molecule has 1 amide bonds. The highest BCUT2D eigenvalue weighted by Crippen LogP contribution is 2.49. The minimum absolute atomic E-state index is 0.168. The third-order valence-corrected chi connectivity index (χ3v) is 5.42. The Morgan fingerprint density at radius 1 is 1.30 bits per heavy atom. The third kappa shape index (κ3) is 3.24. The highest BCUT2D eigenvalue weighted by atomic mass is 32.1. The first-order chi connectivity index (χ1) is 11.2. The molecular formula is C18H20N2O2S. The summed E-state index contributed by atoms with van der Waals surface area (Å²) in [5.41, 5.74) is 1.88. The Bertz CT molecular complexity index is 707.